The van der Waals surface area contributed by atoms with Crippen LogP contribution in [0.2, 0.25) is 0 Å². The fraction of sp³-hybridized carbons (Fsp3) is 0.250. The second-order valence-corrected chi connectivity index (χ2v) is 10.2. The fourth-order valence-electron chi connectivity index (χ4n) is 5.92. The van der Waals surface area contributed by atoms with Gasteiger partial charge in [0.05, 0.1) is 17.2 Å². The molecule has 0 saturated heterocycles. The Kier molecular flexibility index (Phi) is 6.03. The molecule has 0 amide bonds. The summed E-state index contributed by atoms with van der Waals surface area (Å²) in [4.78, 5) is 44.7. The van der Waals surface area contributed by atoms with Crippen molar-refractivity contribution in [3.05, 3.63) is 133 Å². The van der Waals surface area contributed by atoms with Crippen molar-refractivity contribution in [2.24, 2.45) is 25.0 Å². The molecule has 6 heteroatoms. The van der Waals surface area contributed by atoms with Crippen LogP contribution >= 0.6 is 0 Å². The van der Waals surface area contributed by atoms with Gasteiger partial charge in [-0.2, -0.15) is 0 Å². The number of hydrogen-bond donors (Lipinski definition) is 0. The molecule has 2 aliphatic rings. The first-order valence-electron chi connectivity index (χ1n) is 13.1. The summed E-state index contributed by atoms with van der Waals surface area (Å²) in [7, 11) is 3.11. The van der Waals surface area contributed by atoms with Crippen LogP contribution in [0.4, 0.5) is 5.82 Å². The van der Waals surface area contributed by atoms with E-state index in [0.717, 1.165) is 41.4 Å². The molecule has 4 aromatic rings. The van der Waals surface area contributed by atoms with Gasteiger partial charge in [-0.25, -0.2) is 9.79 Å². The zero-order valence-electron chi connectivity index (χ0n) is 21.6. The number of aromatic nitrogens is 2. The van der Waals surface area contributed by atoms with E-state index in [1.54, 1.807) is 7.05 Å². The SMILES string of the molecule is Cn1c2c(c(=O)n(C)c1=O)[C@H](c1ccc(CCCCc3ccccc3)cc1)[C@@H]1C(=O)c3ccccc3C1=N2. The first kappa shape index (κ1) is 24.0. The molecule has 1 aliphatic heterocycles. The van der Waals surface area contributed by atoms with Crippen molar-refractivity contribution in [2.75, 3.05) is 0 Å². The number of carbonyl (C=O) groups excluding carboxylic acids is 1. The Balaban J connectivity index is 1.35. The molecule has 0 spiro atoms. The average Bonchev–Trinajstić information content (AvgIpc) is 3.24. The van der Waals surface area contributed by atoms with Gasteiger partial charge in [-0.1, -0.05) is 78.9 Å². The minimum absolute atomic E-state index is 0.0316. The van der Waals surface area contributed by atoms with Crippen LogP contribution in [0.25, 0.3) is 0 Å². The number of rotatable bonds is 6. The number of carbonyl (C=O) groups is 1. The molecule has 2 atom stereocenters. The molecule has 0 radical (unpaired) electrons. The highest BCUT2D eigenvalue weighted by Gasteiger charge is 2.47. The molecule has 0 unspecified atom stereocenters. The summed E-state index contributed by atoms with van der Waals surface area (Å²) in [6.07, 6.45) is 4.22. The zero-order chi connectivity index (χ0) is 26.4. The summed E-state index contributed by atoms with van der Waals surface area (Å²) in [6, 6.07) is 26.2. The third-order valence-corrected chi connectivity index (χ3v) is 7.95. The van der Waals surface area contributed by atoms with E-state index in [-0.39, 0.29) is 5.78 Å². The molecule has 0 fully saturated rings. The van der Waals surface area contributed by atoms with Crippen molar-refractivity contribution < 1.29 is 4.79 Å². The smallest absolute Gasteiger partial charge is 0.293 e. The maximum Gasteiger partial charge on any atom is 0.332 e. The predicted octanol–water partition coefficient (Wildman–Crippen LogP) is 4.73. The maximum absolute atomic E-state index is 13.7. The molecule has 1 aromatic heterocycles. The Morgan fingerprint density at radius 1 is 0.684 bits per heavy atom. The van der Waals surface area contributed by atoms with Gasteiger partial charge in [-0.05, 0) is 42.4 Å². The van der Waals surface area contributed by atoms with Crippen molar-refractivity contribution in [3.8, 4) is 0 Å². The standard InChI is InChI=1S/C32H29N3O3/c1-34-30-27(31(37)35(2)32(34)38)25(26-28(33-30)23-14-8-9-15-24(23)29(26)36)22-18-16-21(17-19-22)13-7-6-12-20-10-4-3-5-11-20/h3-5,8-11,14-19,25-26H,6-7,12-13H2,1-2H3/t25-,26+/m1/s1. The van der Waals surface area contributed by atoms with Gasteiger partial charge in [0.15, 0.2) is 5.78 Å². The molecule has 38 heavy (non-hydrogen) atoms. The Labute approximate surface area is 220 Å². The summed E-state index contributed by atoms with van der Waals surface area (Å²) in [5, 5.41) is 0. The van der Waals surface area contributed by atoms with Gasteiger partial charge in [0.2, 0.25) is 0 Å². The summed E-state index contributed by atoms with van der Waals surface area (Å²) < 4.78 is 2.53. The van der Waals surface area contributed by atoms with Gasteiger partial charge in [-0.15, -0.1) is 0 Å². The van der Waals surface area contributed by atoms with Crippen molar-refractivity contribution in [2.45, 2.75) is 31.6 Å². The van der Waals surface area contributed by atoms with E-state index in [1.165, 1.54) is 22.7 Å². The van der Waals surface area contributed by atoms with Crippen molar-refractivity contribution in [1.29, 1.82) is 0 Å². The molecule has 6 nitrogen and oxygen atoms in total. The van der Waals surface area contributed by atoms with Crippen LogP contribution in [0.15, 0.2) is 93.4 Å². The normalized spacial score (nSPS) is 17.5. The van der Waals surface area contributed by atoms with E-state index in [4.69, 9.17) is 4.99 Å². The van der Waals surface area contributed by atoms with Crippen LogP contribution in [0.1, 0.15) is 56.9 Å². The van der Waals surface area contributed by atoms with Crippen LogP contribution in [0.3, 0.4) is 0 Å². The molecule has 2 heterocycles. The van der Waals surface area contributed by atoms with Crippen molar-refractivity contribution in [1.82, 2.24) is 9.13 Å². The van der Waals surface area contributed by atoms with E-state index in [2.05, 4.69) is 36.4 Å². The maximum atomic E-state index is 13.7. The lowest BCUT2D eigenvalue weighted by Gasteiger charge is -2.30. The largest absolute Gasteiger partial charge is 0.332 e. The van der Waals surface area contributed by atoms with E-state index in [9.17, 15) is 14.4 Å². The summed E-state index contributed by atoms with van der Waals surface area (Å²) in [5.74, 6) is -0.809. The third kappa shape index (κ3) is 3.88. The second-order valence-electron chi connectivity index (χ2n) is 10.2. The monoisotopic (exact) mass is 503 g/mol. The molecule has 6 rings (SSSR count). The van der Waals surface area contributed by atoms with Crippen LogP contribution in [0, 0.1) is 5.92 Å². The van der Waals surface area contributed by atoms with Crippen LogP contribution < -0.4 is 11.2 Å². The lowest BCUT2D eigenvalue weighted by atomic mass is 9.76. The highest BCUT2D eigenvalue weighted by molar-refractivity contribution is 6.30. The van der Waals surface area contributed by atoms with Crippen molar-refractivity contribution in [3.63, 3.8) is 0 Å². The van der Waals surface area contributed by atoms with Crippen molar-refractivity contribution >= 4 is 17.3 Å². The quantitative estimate of drug-likeness (QED) is 0.357. The van der Waals surface area contributed by atoms with Gasteiger partial charge in [0.25, 0.3) is 5.56 Å². The van der Waals surface area contributed by atoms with E-state index >= 15 is 0 Å². The number of fused-ring (bicyclic) bond motifs is 4. The average molecular weight is 504 g/mol. The van der Waals surface area contributed by atoms with Gasteiger partial charge >= 0.3 is 5.69 Å². The molecule has 0 bridgehead atoms. The number of aryl methyl sites for hydroxylation is 2. The number of aliphatic imine (C=N–C) groups is 1. The zero-order valence-corrected chi connectivity index (χ0v) is 21.6. The predicted molar refractivity (Wildman–Crippen MR) is 149 cm³/mol. The molecule has 3 aromatic carbocycles. The number of unbranched alkanes of at least 4 members (excludes halogenated alkanes) is 1. The Hall–Kier alpha value is -4.32. The van der Waals surface area contributed by atoms with Gasteiger partial charge in [-0.3, -0.25) is 18.7 Å². The highest BCUT2D eigenvalue weighted by Crippen LogP contribution is 2.46. The molecule has 0 N–H and O–H groups in total. The first-order valence-corrected chi connectivity index (χ1v) is 13.1. The summed E-state index contributed by atoms with van der Waals surface area (Å²) >= 11 is 0. The van der Waals surface area contributed by atoms with E-state index in [0.29, 0.717) is 22.7 Å². The third-order valence-electron chi connectivity index (χ3n) is 7.95. The Morgan fingerprint density at radius 3 is 1.97 bits per heavy atom. The van der Waals surface area contributed by atoms with Crippen LogP contribution in [-0.4, -0.2) is 20.6 Å². The summed E-state index contributed by atoms with van der Waals surface area (Å²) in [6.45, 7) is 0. The molecular weight excluding hydrogens is 474 g/mol. The second kappa shape index (κ2) is 9.53. The first-order chi connectivity index (χ1) is 18.5. The Morgan fingerprint density at radius 2 is 1.29 bits per heavy atom. The van der Waals surface area contributed by atoms with Crippen LogP contribution in [-0.2, 0) is 26.9 Å². The Bertz CT molecular complexity index is 1700. The number of ketones is 1. The molecular formula is C32H29N3O3. The van der Waals surface area contributed by atoms with Crippen LogP contribution in [0.5, 0.6) is 0 Å². The molecule has 0 saturated carbocycles. The topological polar surface area (TPSA) is 73.4 Å². The minimum Gasteiger partial charge on any atom is -0.293 e. The lowest BCUT2D eigenvalue weighted by Crippen LogP contribution is -2.43. The van der Waals surface area contributed by atoms with Gasteiger partial charge in [0.1, 0.15) is 5.82 Å². The number of nitrogens with zero attached hydrogens (tertiary/aromatic N) is 3. The number of Topliss-reactive ketones (excluding diaryl/α,β-unsaturated/α-hetero) is 1. The number of benzene rings is 3. The molecule has 1 aliphatic carbocycles. The fourth-order valence-corrected chi connectivity index (χ4v) is 5.92. The molecule has 190 valence electrons. The van der Waals surface area contributed by atoms with Gasteiger partial charge in [0, 0.05) is 31.1 Å². The van der Waals surface area contributed by atoms with E-state index in [1.807, 2.05) is 42.5 Å². The summed E-state index contributed by atoms with van der Waals surface area (Å²) in [5.41, 5.74) is 5.07. The van der Waals surface area contributed by atoms with E-state index < -0.39 is 23.1 Å². The highest BCUT2D eigenvalue weighted by atomic mass is 16.2. The number of hydrogen-bond acceptors (Lipinski definition) is 4. The minimum atomic E-state index is -0.596. The lowest BCUT2D eigenvalue weighted by molar-refractivity contribution is 0.0953. The van der Waals surface area contributed by atoms with Gasteiger partial charge < -0.3 is 0 Å².